The summed E-state index contributed by atoms with van der Waals surface area (Å²) in [6.45, 7) is 4.01. The normalized spacial score (nSPS) is 13.2. The summed E-state index contributed by atoms with van der Waals surface area (Å²) in [5, 5.41) is 14.2. The number of rotatable bonds is 5. The van der Waals surface area contributed by atoms with Gasteiger partial charge in [-0.2, -0.15) is 0 Å². The molecule has 0 aliphatic rings. The number of aliphatic hydroxyl groups excluding tert-OH is 1. The minimum atomic E-state index is 0.249. The average molecular weight is 264 g/mol. The maximum Gasteiger partial charge on any atom is 0.0468 e. The third kappa shape index (κ3) is 3.77. The van der Waals surface area contributed by atoms with E-state index < -0.39 is 0 Å². The third-order valence-electron chi connectivity index (χ3n) is 1.78. The van der Waals surface area contributed by atoms with Crippen molar-refractivity contribution in [2.45, 2.75) is 13.5 Å². The summed E-state index contributed by atoms with van der Waals surface area (Å²) < 4.78 is 1.17. The summed E-state index contributed by atoms with van der Waals surface area (Å²) >= 11 is 5.21. The second-order valence-corrected chi connectivity index (χ2v) is 4.97. The molecule has 0 amide bonds. The van der Waals surface area contributed by atoms with Gasteiger partial charge >= 0.3 is 0 Å². The van der Waals surface area contributed by atoms with Gasteiger partial charge in [-0.25, -0.2) is 0 Å². The number of thiophene rings is 1. The molecule has 1 aromatic heterocycles. The first kappa shape index (κ1) is 11.2. The first-order valence-corrected chi connectivity index (χ1v) is 5.94. The molecule has 0 spiro atoms. The summed E-state index contributed by atoms with van der Waals surface area (Å²) in [6, 6.07) is 2.05. The maximum atomic E-state index is 8.80. The van der Waals surface area contributed by atoms with E-state index in [1.165, 1.54) is 9.35 Å². The van der Waals surface area contributed by atoms with Gasteiger partial charge < -0.3 is 10.4 Å². The topological polar surface area (TPSA) is 32.3 Å². The van der Waals surface area contributed by atoms with E-state index in [4.69, 9.17) is 5.11 Å². The summed E-state index contributed by atoms with van der Waals surface area (Å²) in [5.74, 6) is 0.332. The van der Waals surface area contributed by atoms with E-state index in [2.05, 4.69) is 32.7 Å². The lowest BCUT2D eigenvalue weighted by molar-refractivity contribution is 0.233. The molecule has 0 bridgehead atoms. The van der Waals surface area contributed by atoms with Crippen LogP contribution in [-0.4, -0.2) is 18.3 Å². The van der Waals surface area contributed by atoms with Crippen LogP contribution in [0.2, 0.25) is 0 Å². The number of hydrogen-bond donors (Lipinski definition) is 2. The Hall–Kier alpha value is 0.100. The Morgan fingerprint density at radius 2 is 2.46 bits per heavy atom. The Kier molecular flexibility index (Phi) is 4.94. The van der Waals surface area contributed by atoms with Gasteiger partial charge in [0, 0.05) is 29.0 Å². The van der Waals surface area contributed by atoms with Crippen LogP contribution in [0.3, 0.4) is 0 Å². The number of aliphatic hydroxyl groups is 1. The molecule has 13 heavy (non-hydrogen) atoms. The highest BCUT2D eigenvalue weighted by Gasteiger charge is 2.02. The maximum absolute atomic E-state index is 8.80. The molecule has 4 heteroatoms. The largest absolute Gasteiger partial charge is 0.396 e. The minimum Gasteiger partial charge on any atom is -0.396 e. The van der Waals surface area contributed by atoms with Gasteiger partial charge in [-0.3, -0.25) is 0 Å². The van der Waals surface area contributed by atoms with E-state index in [9.17, 15) is 0 Å². The number of nitrogens with one attached hydrogen (secondary N) is 1. The smallest absolute Gasteiger partial charge is 0.0468 e. The Morgan fingerprint density at radius 1 is 1.69 bits per heavy atom. The minimum absolute atomic E-state index is 0.249. The Morgan fingerprint density at radius 3 is 3.00 bits per heavy atom. The third-order valence-corrected chi connectivity index (χ3v) is 3.71. The first-order chi connectivity index (χ1) is 6.24. The van der Waals surface area contributed by atoms with Gasteiger partial charge in [0.15, 0.2) is 0 Å². The fourth-order valence-electron chi connectivity index (χ4n) is 0.948. The fraction of sp³-hybridized carbons (Fsp3) is 0.556. The molecule has 2 nitrogen and oxygen atoms in total. The molecule has 0 saturated heterocycles. The molecule has 1 atom stereocenters. The molecule has 0 radical (unpaired) electrons. The SMILES string of the molecule is CC(CO)CNCc1sccc1Br. The van der Waals surface area contributed by atoms with Crippen LogP contribution >= 0.6 is 27.3 Å². The number of hydrogen-bond acceptors (Lipinski definition) is 3. The van der Waals surface area contributed by atoms with Gasteiger partial charge in [-0.05, 0) is 33.3 Å². The molecular weight excluding hydrogens is 250 g/mol. The van der Waals surface area contributed by atoms with Gasteiger partial charge in [0.25, 0.3) is 0 Å². The van der Waals surface area contributed by atoms with E-state index >= 15 is 0 Å². The molecule has 1 heterocycles. The highest BCUT2D eigenvalue weighted by atomic mass is 79.9. The molecule has 0 aliphatic heterocycles. The van der Waals surface area contributed by atoms with Crippen molar-refractivity contribution in [1.29, 1.82) is 0 Å². The van der Waals surface area contributed by atoms with Crippen molar-refractivity contribution in [1.82, 2.24) is 5.32 Å². The van der Waals surface area contributed by atoms with Crippen molar-refractivity contribution in [3.8, 4) is 0 Å². The molecule has 1 rings (SSSR count). The quantitative estimate of drug-likeness (QED) is 0.854. The van der Waals surface area contributed by atoms with Crippen LogP contribution in [0.4, 0.5) is 0 Å². The molecule has 1 unspecified atom stereocenters. The van der Waals surface area contributed by atoms with E-state index in [0.717, 1.165) is 13.1 Å². The van der Waals surface area contributed by atoms with Crippen molar-refractivity contribution in [2.75, 3.05) is 13.2 Å². The monoisotopic (exact) mass is 263 g/mol. The first-order valence-electron chi connectivity index (χ1n) is 4.27. The van der Waals surface area contributed by atoms with E-state index in [-0.39, 0.29) is 6.61 Å². The Bertz CT molecular complexity index is 252. The van der Waals surface area contributed by atoms with Crippen LogP contribution in [0.1, 0.15) is 11.8 Å². The van der Waals surface area contributed by atoms with Gasteiger partial charge in [0.2, 0.25) is 0 Å². The molecule has 2 N–H and O–H groups in total. The highest BCUT2D eigenvalue weighted by Crippen LogP contribution is 2.22. The summed E-state index contributed by atoms with van der Waals surface area (Å²) in [5.41, 5.74) is 0. The van der Waals surface area contributed by atoms with Crippen molar-refractivity contribution in [2.24, 2.45) is 5.92 Å². The van der Waals surface area contributed by atoms with Crippen LogP contribution < -0.4 is 5.32 Å². The van der Waals surface area contributed by atoms with Crippen molar-refractivity contribution < 1.29 is 5.11 Å². The molecular formula is C9H14BrNOS. The molecule has 0 fully saturated rings. The number of halogens is 1. The van der Waals surface area contributed by atoms with Crippen molar-refractivity contribution in [3.63, 3.8) is 0 Å². The lowest BCUT2D eigenvalue weighted by atomic mass is 10.2. The second-order valence-electron chi connectivity index (χ2n) is 3.11. The van der Waals surface area contributed by atoms with E-state index in [0.29, 0.717) is 5.92 Å². The lowest BCUT2D eigenvalue weighted by Gasteiger charge is -2.08. The summed E-state index contributed by atoms with van der Waals surface area (Å²) in [4.78, 5) is 1.31. The molecule has 0 aliphatic carbocycles. The van der Waals surface area contributed by atoms with Gasteiger partial charge in [0.1, 0.15) is 0 Å². The van der Waals surface area contributed by atoms with E-state index in [1.54, 1.807) is 11.3 Å². The van der Waals surface area contributed by atoms with Crippen molar-refractivity contribution in [3.05, 3.63) is 20.8 Å². The molecule has 0 saturated carbocycles. The lowest BCUT2D eigenvalue weighted by Crippen LogP contribution is -2.22. The van der Waals surface area contributed by atoms with Crippen LogP contribution in [0.15, 0.2) is 15.9 Å². The zero-order chi connectivity index (χ0) is 9.68. The summed E-state index contributed by atoms with van der Waals surface area (Å²) in [6.07, 6.45) is 0. The van der Waals surface area contributed by atoms with E-state index in [1.807, 2.05) is 6.92 Å². The standard InChI is InChI=1S/C9H14BrNOS/c1-7(6-12)4-11-5-9-8(10)2-3-13-9/h2-3,7,11-12H,4-6H2,1H3. The fourth-order valence-corrected chi connectivity index (χ4v) is 2.41. The van der Waals surface area contributed by atoms with Crippen LogP contribution in [0.5, 0.6) is 0 Å². The highest BCUT2D eigenvalue weighted by molar-refractivity contribution is 9.10. The Balaban J connectivity index is 2.24. The van der Waals surface area contributed by atoms with Gasteiger partial charge in [-0.1, -0.05) is 6.92 Å². The van der Waals surface area contributed by atoms with Crippen LogP contribution in [0, 0.1) is 5.92 Å². The van der Waals surface area contributed by atoms with Gasteiger partial charge in [-0.15, -0.1) is 11.3 Å². The molecule has 0 aromatic carbocycles. The van der Waals surface area contributed by atoms with Crippen LogP contribution in [0.25, 0.3) is 0 Å². The molecule has 74 valence electrons. The van der Waals surface area contributed by atoms with Crippen LogP contribution in [-0.2, 0) is 6.54 Å². The zero-order valence-electron chi connectivity index (χ0n) is 7.59. The predicted octanol–water partition coefficient (Wildman–Crippen LogP) is 2.23. The zero-order valence-corrected chi connectivity index (χ0v) is 9.99. The van der Waals surface area contributed by atoms with Crippen molar-refractivity contribution >= 4 is 27.3 Å². The second kappa shape index (κ2) is 5.75. The van der Waals surface area contributed by atoms with Gasteiger partial charge in [0.05, 0.1) is 0 Å². The summed E-state index contributed by atoms with van der Waals surface area (Å²) in [7, 11) is 0. The molecule has 1 aromatic rings. The predicted molar refractivity (Wildman–Crippen MR) is 60.0 cm³/mol. The Labute approximate surface area is 91.1 Å². The average Bonchev–Trinajstić information content (AvgIpc) is 2.52.